The molecule has 2 atom stereocenters. The third-order valence-electron chi connectivity index (χ3n) is 4.22. The third kappa shape index (κ3) is 1.96. The van der Waals surface area contributed by atoms with Crippen molar-refractivity contribution in [1.82, 2.24) is 9.97 Å². The summed E-state index contributed by atoms with van der Waals surface area (Å²) in [7, 11) is 0. The predicted molar refractivity (Wildman–Crippen MR) is 68.8 cm³/mol. The molecule has 2 aliphatic rings. The van der Waals surface area contributed by atoms with E-state index in [0.29, 0.717) is 11.9 Å². The fourth-order valence-electron chi connectivity index (χ4n) is 3.45. The van der Waals surface area contributed by atoms with E-state index in [2.05, 4.69) is 14.9 Å². The van der Waals surface area contributed by atoms with Gasteiger partial charge in [0.25, 0.3) is 0 Å². The third-order valence-corrected chi connectivity index (χ3v) is 4.22. The highest BCUT2D eigenvalue weighted by molar-refractivity contribution is 5.58. The molecule has 0 amide bonds. The van der Waals surface area contributed by atoms with Crippen molar-refractivity contribution in [2.75, 3.05) is 17.2 Å². The van der Waals surface area contributed by atoms with Crippen LogP contribution in [0.4, 0.5) is 11.6 Å². The van der Waals surface area contributed by atoms with E-state index < -0.39 is 0 Å². The fraction of sp³-hybridized carbons (Fsp3) is 0.692. The van der Waals surface area contributed by atoms with Gasteiger partial charge in [0.1, 0.15) is 0 Å². The van der Waals surface area contributed by atoms with E-state index in [1.807, 2.05) is 0 Å². The van der Waals surface area contributed by atoms with Crippen molar-refractivity contribution in [2.45, 2.75) is 44.6 Å². The van der Waals surface area contributed by atoms with Crippen LogP contribution in [0.15, 0.2) is 12.4 Å². The molecule has 1 aliphatic heterocycles. The average molecular weight is 232 g/mol. The van der Waals surface area contributed by atoms with Crippen LogP contribution in [-0.2, 0) is 0 Å². The summed E-state index contributed by atoms with van der Waals surface area (Å²) < 4.78 is 0. The summed E-state index contributed by atoms with van der Waals surface area (Å²) in [5, 5.41) is 0. The Kier molecular flexibility index (Phi) is 2.87. The lowest BCUT2D eigenvalue weighted by Crippen LogP contribution is -2.47. The predicted octanol–water partition coefficient (Wildman–Crippen LogP) is 2.22. The summed E-state index contributed by atoms with van der Waals surface area (Å²) in [6.45, 7) is 1.09. The van der Waals surface area contributed by atoms with Crippen molar-refractivity contribution in [1.29, 1.82) is 0 Å². The van der Waals surface area contributed by atoms with Crippen LogP contribution >= 0.6 is 0 Å². The van der Waals surface area contributed by atoms with Crippen LogP contribution in [0.3, 0.4) is 0 Å². The van der Waals surface area contributed by atoms with E-state index in [0.717, 1.165) is 18.3 Å². The van der Waals surface area contributed by atoms with Gasteiger partial charge in [-0.05, 0) is 31.6 Å². The summed E-state index contributed by atoms with van der Waals surface area (Å²) in [6.07, 6.45) is 11.5. The molecule has 0 radical (unpaired) electrons. The van der Waals surface area contributed by atoms with E-state index in [9.17, 15) is 0 Å². The highest BCUT2D eigenvalue weighted by atomic mass is 15.2. The molecule has 17 heavy (non-hydrogen) atoms. The van der Waals surface area contributed by atoms with Gasteiger partial charge in [-0.25, -0.2) is 9.97 Å². The zero-order valence-electron chi connectivity index (χ0n) is 10.2. The number of hydrogen-bond acceptors (Lipinski definition) is 4. The Morgan fingerprint density at radius 3 is 2.71 bits per heavy atom. The molecule has 1 aromatic rings. The molecule has 1 saturated carbocycles. The second kappa shape index (κ2) is 4.51. The van der Waals surface area contributed by atoms with Crippen LogP contribution in [0, 0.1) is 5.92 Å². The van der Waals surface area contributed by atoms with E-state index in [-0.39, 0.29) is 0 Å². The van der Waals surface area contributed by atoms with Crippen molar-refractivity contribution in [3.8, 4) is 0 Å². The molecule has 0 bridgehead atoms. The van der Waals surface area contributed by atoms with Crippen LogP contribution in [0.5, 0.6) is 0 Å². The molecular weight excluding hydrogens is 212 g/mol. The Hall–Kier alpha value is -1.32. The van der Waals surface area contributed by atoms with E-state index in [1.54, 1.807) is 12.4 Å². The van der Waals surface area contributed by atoms with Crippen LogP contribution < -0.4 is 10.6 Å². The van der Waals surface area contributed by atoms with Gasteiger partial charge in [-0.2, -0.15) is 0 Å². The zero-order chi connectivity index (χ0) is 11.7. The van der Waals surface area contributed by atoms with Gasteiger partial charge in [-0.1, -0.05) is 12.8 Å². The van der Waals surface area contributed by atoms with Gasteiger partial charge in [0.15, 0.2) is 11.6 Å². The lowest BCUT2D eigenvalue weighted by atomic mass is 9.78. The van der Waals surface area contributed by atoms with E-state index >= 15 is 0 Å². The minimum atomic E-state index is 0.582. The molecular formula is C13H20N4. The number of nitrogens with zero attached hydrogens (tertiary/aromatic N) is 3. The number of piperidine rings is 1. The second-order valence-corrected chi connectivity index (χ2v) is 5.21. The molecule has 2 N–H and O–H groups in total. The largest absolute Gasteiger partial charge is 0.381 e. The van der Waals surface area contributed by atoms with Crippen molar-refractivity contribution in [3.05, 3.63) is 12.4 Å². The molecule has 0 aromatic carbocycles. The molecule has 2 unspecified atom stereocenters. The lowest BCUT2D eigenvalue weighted by molar-refractivity contribution is 0.243. The quantitative estimate of drug-likeness (QED) is 0.806. The Labute approximate surface area is 102 Å². The van der Waals surface area contributed by atoms with Crippen LogP contribution in [0.1, 0.15) is 38.5 Å². The smallest absolute Gasteiger partial charge is 0.171 e. The van der Waals surface area contributed by atoms with Crippen LogP contribution in [0.25, 0.3) is 0 Å². The molecule has 3 rings (SSSR count). The maximum atomic E-state index is 5.96. The van der Waals surface area contributed by atoms with Crippen molar-refractivity contribution in [3.63, 3.8) is 0 Å². The fourth-order valence-corrected chi connectivity index (χ4v) is 3.45. The number of nitrogen functional groups attached to an aromatic ring is 1. The first kappa shape index (κ1) is 10.8. The molecule has 0 spiro atoms. The highest BCUT2D eigenvalue weighted by Crippen LogP contribution is 2.38. The van der Waals surface area contributed by atoms with Crippen LogP contribution in [-0.4, -0.2) is 22.6 Å². The minimum absolute atomic E-state index is 0.582. The summed E-state index contributed by atoms with van der Waals surface area (Å²) >= 11 is 0. The summed E-state index contributed by atoms with van der Waals surface area (Å²) in [5.41, 5.74) is 5.96. The maximum absolute atomic E-state index is 5.96. The second-order valence-electron chi connectivity index (χ2n) is 5.21. The maximum Gasteiger partial charge on any atom is 0.171 e. The summed E-state index contributed by atoms with van der Waals surface area (Å²) in [4.78, 5) is 11.0. The van der Waals surface area contributed by atoms with Gasteiger partial charge in [0.2, 0.25) is 0 Å². The van der Waals surface area contributed by atoms with Gasteiger partial charge >= 0.3 is 0 Å². The number of hydrogen-bond donors (Lipinski definition) is 1. The van der Waals surface area contributed by atoms with E-state index in [4.69, 9.17) is 5.73 Å². The molecule has 92 valence electrons. The van der Waals surface area contributed by atoms with Crippen molar-refractivity contribution >= 4 is 11.6 Å². The Balaban J connectivity index is 1.88. The van der Waals surface area contributed by atoms with Crippen molar-refractivity contribution < 1.29 is 0 Å². The van der Waals surface area contributed by atoms with Gasteiger partial charge in [-0.3, -0.25) is 0 Å². The summed E-state index contributed by atoms with van der Waals surface area (Å²) in [6, 6.07) is 0.650. The topological polar surface area (TPSA) is 55.0 Å². The molecule has 1 saturated heterocycles. The molecule has 1 aliphatic carbocycles. The average Bonchev–Trinajstić information content (AvgIpc) is 2.39. The van der Waals surface area contributed by atoms with Gasteiger partial charge in [-0.15, -0.1) is 0 Å². The molecule has 4 nitrogen and oxygen atoms in total. The Bertz CT molecular complexity index is 391. The standard InChI is InChI=1S/C13H20N4/c14-12-13(16-8-7-15-12)17-9-3-5-10-4-1-2-6-11(10)17/h7-8,10-11H,1-6,9H2,(H2,14,15). The highest BCUT2D eigenvalue weighted by Gasteiger charge is 2.34. The molecule has 2 fully saturated rings. The van der Waals surface area contributed by atoms with E-state index in [1.165, 1.54) is 38.5 Å². The summed E-state index contributed by atoms with van der Waals surface area (Å²) in [5.74, 6) is 2.33. The Morgan fingerprint density at radius 1 is 1.06 bits per heavy atom. The number of rotatable bonds is 1. The van der Waals surface area contributed by atoms with Gasteiger partial charge in [0.05, 0.1) is 0 Å². The number of nitrogens with two attached hydrogens (primary N) is 1. The Morgan fingerprint density at radius 2 is 1.82 bits per heavy atom. The first-order valence-corrected chi connectivity index (χ1v) is 6.69. The first-order valence-electron chi connectivity index (χ1n) is 6.69. The molecule has 1 aromatic heterocycles. The van der Waals surface area contributed by atoms with Gasteiger partial charge in [0, 0.05) is 25.0 Å². The SMILES string of the molecule is Nc1nccnc1N1CCCC2CCCCC21. The molecule has 4 heteroatoms. The van der Waals surface area contributed by atoms with Crippen molar-refractivity contribution in [2.24, 2.45) is 5.92 Å². The van der Waals surface area contributed by atoms with Crippen LogP contribution in [0.2, 0.25) is 0 Å². The minimum Gasteiger partial charge on any atom is -0.381 e. The number of anilines is 2. The molecule has 2 heterocycles. The monoisotopic (exact) mass is 232 g/mol. The lowest BCUT2D eigenvalue weighted by Gasteiger charge is -2.44. The van der Waals surface area contributed by atoms with Gasteiger partial charge < -0.3 is 10.6 Å². The number of fused-ring (bicyclic) bond motifs is 1. The first-order chi connectivity index (χ1) is 8.36. The zero-order valence-corrected chi connectivity index (χ0v) is 10.2. The number of aromatic nitrogens is 2. The normalized spacial score (nSPS) is 28.8.